The third-order valence-corrected chi connectivity index (χ3v) is 1.47. The zero-order chi connectivity index (χ0) is 11.5. The van der Waals surface area contributed by atoms with Crippen molar-refractivity contribution in [3.05, 3.63) is 34.4 Å². The molecule has 0 radical (unpaired) electrons. The Bertz CT molecular complexity index is 369. The zero-order valence-corrected chi connectivity index (χ0v) is 7.40. The number of benzene rings is 1. The summed E-state index contributed by atoms with van der Waals surface area (Å²) in [4.78, 5) is 9.58. The fourth-order valence-electron chi connectivity index (χ4n) is 0.878. The molecule has 0 aromatic heterocycles. The summed E-state index contributed by atoms with van der Waals surface area (Å²) in [6.45, 7) is -6.45. The summed E-state index contributed by atoms with van der Waals surface area (Å²) in [5.41, 5.74) is -0.304. The molecule has 0 fully saturated rings. The van der Waals surface area contributed by atoms with Crippen molar-refractivity contribution in [2.75, 3.05) is 6.51 Å². The first-order valence-corrected chi connectivity index (χ1v) is 3.97. The Morgan fingerprint density at radius 2 is 2.07 bits per heavy atom. The van der Waals surface area contributed by atoms with E-state index in [-0.39, 0.29) is 11.4 Å². The minimum Gasteiger partial charge on any atom is -0.521 e. The molecule has 0 spiro atoms. The Hall–Kier alpha value is -1.73. The van der Waals surface area contributed by atoms with Crippen LogP contribution in [0.25, 0.3) is 0 Å². The maximum atomic E-state index is 11.8. The van der Waals surface area contributed by atoms with Gasteiger partial charge in [0, 0.05) is 6.07 Å². The molecule has 0 aliphatic heterocycles. The molecule has 0 heterocycles. The van der Waals surface area contributed by atoms with E-state index in [2.05, 4.69) is 4.74 Å². The topological polar surface area (TPSA) is 52.4 Å². The maximum absolute atomic E-state index is 11.8. The van der Waals surface area contributed by atoms with Gasteiger partial charge in [-0.3, -0.25) is 10.1 Å². The highest BCUT2D eigenvalue weighted by Gasteiger charge is 2.24. The quantitative estimate of drug-likeness (QED) is 0.444. The first-order valence-electron chi connectivity index (χ1n) is 3.97. The third-order valence-electron chi connectivity index (χ3n) is 1.47. The Balaban J connectivity index is 2.70. The number of nitro groups is 1. The minimum absolute atomic E-state index is 0.164. The van der Waals surface area contributed by atoms with E-state index in [0.717, 1.165) is 6.07 Å². The lowest BCUT2D eigenvalue weighted by Gasteiger charge is -2.14. The summed E-state index contributed by atoms with van der Waals surface area (Å²) in [6.07, 6.45) is 0. The van der Waals surface area contributed by atoms with Gasteiger partial charge in [-0.05, 0) is 6.07 Å². The van der Waals surface area contributed by atoms with Crippen LogP contribution in [0, 0.1) is 10.1 Å². The van der Waals surface area contributed by atoms with Crippen LogP contribution in [0.3, 0.4) is 0 Å². The summed E-state index contributed by atoms with van der Waals surface area (Å²) in [5, 5.41) is 10.3. The van der Waals surface area contributed by atoms with Gasteiger partial charge in [-0.1, -0.05) is 6.07 Å². The van der Waals surface area contributed by atoms with Crippen LogP contribution in [0.1, 0.15) is 0 Å². The lowest BCUT2D eigenvalue weighted by molar-refractivity contribution is -0.384. The molecule has 8 heteroatoms. The monoisotopic (exact) mass is 220 g/mol. The SMILES string of the molecule is O=[N+]([O-])c1cccc(OC[B-](F)(F)F)c1. The van der Waals surface area contributed by atoms with Crippen LogP contribution in [0.15, 0.2) is 24.3 Å². The van der Waals surface area contributed by atoms with Crippen LogP contribution in [-0.4, -0.2) is 18.4 Å². The molecule has 0 atom stereocenters. The van der Waals surface area contributed by atoms with Crippen molar-refractivity contribution in [3.8, 4) is 5.75 Å². The highest BCUT2D eigenvalue weighted by atomic mass is 19.4. The molecule has 4 nitrogen and oxygen atoms in total. The van der Waals surface area contributed by atoms with Crippen LogP contribution >= 0.6 is 0 Å². The summed E-state index contributed by atoms with van der Waals surface area (Å²) in [5.74, 6) is -0.164. The Morgan fingerprint density at radius 3 is 2.60 bits per heavy atom. The van der Waals surface area contributed by atoms with Crippen LogP contribution in [0.5, 0.6) is 5.75 Å². The first-order chi connectivity index (χ1) is 6.88. The minimum atomic E-state index is -5.05. The highest BCUT2D eigenvalue weighted by Crippen LogP contribution is 2.20. The van der Waals surface area contributed by atoms with Crippen molar-refractivity contribution in [2.45, 2.75) is 0 Å². The normalized spacial score (nSPS) is 11.1. The summed E-state index contributed by atoms with van der Waals surface area (Å²) >= 11 is 0. The molecule has 0 amide bonds. The molecular formula is C7H6BF3NO3-. The van der Waals surface area contributed by atoms with E-state index in [4.69, 9.17) is 0 Å². The number of hydrogen-bond donors (Lipinski definition) is 0. The van der Waals surface area contributed by atoms with Gasteiger partial charge < -0.3 is 17.7 Å². The number of nitrogens with zero attached hydrogens (tertiary/aromatic N) is 1. The molecule has 0 bridgehead atoms. The van der Waals surface area contributed by atoms with Gasteiger partial charge in [-0.25, -0.2) is 0 Å². The number of rotatable bonds is 4. The Morgan fingerprint density at radius 1 is 1.40 bits per heavy atom. The molecule has 0 N–H and O–H groups in total. The number of non-ortho nitro benzene ring substituents is 1. The molecule has 0 unspecified atom stereocenters. The molecule has 1 aromatic rings. The predicted molar refractivity (Wildman–Crippen MR) is 47.7 cm³/mol. The van der Waals surface area contributed by atoms with Crippen LogP contribution in [0.4, 0.5) is 18.6 Å². The van der Waals surface area contributed by atoms with E-state index in [1.165, 1.54) is 18.2 Å². The van der Waals surface area contributed by atoms with E-state index in [1.54, 1.807) is 0 Å². The second kappa shape index (κ2) is 4.20. The lowest BCUT2D eigenvalue weighted by atomic mass is 9.95. The maximum Gasteiger partial charge on any atom is 0.515 e. The lowest BCUT2D eigenvalue weighted by Crippen LogP contribution is -2.26. The van der Waals surface area contributed by atoms with Crippen molar-refractivity contribution < 1.29 is 22.6 Å². The average molecular weight is 220 g/mol. The molecule has 1 rings (SSSR count). The molecule has 0 aliphatic rings. The standard InChI is InChI=1S/C7H6BF3NO3/c9-8(10,11)5-15-7-3-1-2-6(4-7)12(13)14/h1-4H,5H2/q-1. The molecule has 82 valence electrons. The van der Waals surface area contributed by atoms with Crippen molar-refractivity contribution in [1.82, 2.24) is 0 Å². The zero-order valence-electron chi connectivity index (χ0n) is 7.40. The van der Waals surface area contributed by atoms with E-state index in [0.29, 0.717) is 0 Å². The van der Waals surface area contributed by atoms with E-state index in [9.17, 15) is 23.1 Å². The third kappa shape index (κ3) is 3.88. The Labute approximate surface area is 82.9 Å². The second-order valence-corrected chi connectivity index (χ2v) is 2.78. The molecular weight excluding hydrogens is 214 g/mol. The fraction of sp³-hybridized carbons (Fsp3) is 0.143. The molecule has 0 aliphatic carbocycles. The highest BCUT2D eigenvalue weighted by molar-refractivity contribution is 6.58. The fourth-order valence-corrected chi connectivity index (χ4v) is 0.878. The van der Waals surface area contributed by atoms with Crippen molar-refractivity contribution in [1.29, 1.82) is 0 Å². The van der Waals surface area contributed by atoms with E-state index >= 15 is 0 Å². The van der Waals surface area contributed by atoms with Gasteiger partial charge in [-0.15, -0.1) is 0 Å². The Kier molecular flexibility index (Phi) is 3.18. The number of ether oxygens (including phenoxy) is 1. The summed E-state index contributed by atoms with van der Waals surface area (Å²) < 4.78 is 39.8. The van der Waals surface area contributed by atoms with Gasteiger partial charge >= 0.3 is 6.98 Å². The largest absolute Gasteiger partial charge is 0.521 e. The summed E-state index contributed by atoms with van der Waals surface area (Å²) in [6, 6.07) is 4.61. The second-order valence-electron chi connectivity index (χ2n) is 2.78. The first kappa shape index (κ1) is 11.4. The molecule has 15 heavy (non-hydrogen) atoms. The molecule has 0 saturated carbocycles. The van der Waals surface area contributed by atoms with E-state index < -0.39 is 18.4 Å². The molecule has 1 aromatic carbocycles. The van der Waals surface area contributed by atoms with Gasteiger partial charge in [0.1, 0.15) is 5.75 Å². The van der Waals surface area contributed by atoms with Gasteiger partial charge in [-0.2, -0.15) is 0 Å². The van der Waals surface area contributed by atoms with Gasteiger partial charge in [0.2, 0.25) is 0 Å². The van der Waals surface area contributed by atoms with Crippen LogP contribution in [-0.2, 0) is 0 Å². The van der Waals surface area contributed by atoms with Crippen molar-refractivity contribution >= 4 is 12.7 Å². The number of nitro benzene ring substituents is 1. The smallest absolute Gasteiger partial charge is 0.515 e. The average Bonchev–Trinajstić information content (AvgIpc) is 2.14. The van der Waals surface area contributed by atoms with Crippen LogP contribution < -0.4 is 4.74 Å². The predicted octanol–water partition coefficient (Wildman–Crippen LogP) is 2.36. The molecule has 0 saturated heterocycles. The van der Waals surface area contributed by atoms with Crippen molar-refractivity contribution in [3.63, 3.8) is 0 Å². The van der Waals surface area contributed by atoms with Gasteiger partial charge in [0.25, 0.3) is 5.69 Å². The number of hydrogen-bond acceptors (Lipinski definition) is 3. The summed E-state index contributed by atoms with van der Waals surface area (Å²) in [7, 11) is 0. The van der Waals surface area contributed by atoms with E-state index in [1.807, 2.05) is 0 Å². The van der Waals surface area contributed by atoms with Crippen molar-refractivity contribution in [2.24, 2.45) is 0 Å². The van der Waals surface area contributed by atoms with Gasteiger partial charge in [0.15, 0.2) is 0 Å². The number of halogens is 3. The van der Waals surface area contributed by atoms with Gasteiger partial charge in [0.05, 0.1) is 17.5 Å². The van der Waals surface area contributed by atoms with Crippen LogP contribution in [0.2, 0.25) is 0 Å².